The van der Waals surface area contributed by atoms with Gasteiger partial charge in [0.05, 0.1) is 16.9 Å². The number of anilines is 2. The SMILES string of the molecule is CCCNc1ccncc1C(=O)Nc1nc2c(s1)CCC2. The molecule has 0 aromatic carbocycles. The van der Waals surface area contributed by atoms with Crippen LogP contribution in [0.4, 0.5) is 10.8 Å². The van der Waals surface area contributed by atoms with E-state index in [0.29, 0.717) is 10.7 Å². The van der Waals surface area contributed by atoms with Crippen LogP contribution < -0.4 is 10.6 Å². The molecule has 0 fully saturated rings. The molecular weight excluding hydrogens is 284 g/mol. The molecule has 110 valence electrons. The van der Waals surface area contributed by atoms with Gasteiger partial charge in [0.2, 0.25) is 0 Å². The molecule has 0 spiro atoms. The molecule has 0 radical (unpaired) electrons. The Balaban J connectivity index is 1.75. The number of hydrogen-bond acceptors (Lipinski definition) is 5. The Kier molecular flexibility index (Phi) is 4.15. The van der Waals surface area contributed by atoms with Crippen molar-refractivity contribution in [2.45, 2.75) is 32.6 Å². The molecule has 0 saturated heterocycles. The van der Waals surface area contributed by atoms with Crippen LogP contribution in [-0.4, -0.2) is 22.4 Å². The van der Waals surface area contributed by atoms with Crippen molar-refractivity contribution in [2.75, 3.05) is 17.2 Å². The largest absolute Gasteiger partial charge is 0.384 e. The summed E-state index contributed by atoms with van der Waals surface area (Å²) in [5, 5.41) is 6.83. The number of pyridine rings is 1. The molecule has 0 unspecified atom stereocenters. The highest BCUT2D eigenvalue weighted by atomic mass is 32.1. The van der Waals surface area contributed by atoms with Gasteiger partial charge < -0.3 is 5.32 Å². The number of fused-ring (bicyclic) bond motifs is 1. The smallest absolute Gasteiger partial charge is 0.261 e. The summed E-state index contributed by atoms with van der Waals surface area (Å²) in [7, 11) is 0. The predicted molar refractivity (Wildman–Crippen MR) is 85.1 cm³/mol. The molecule has 0 bridgehead atoms. The zero-order valence-corrected chi connectivity index (χ0v) is 12.8. The zero-order valence-electron chi connectivity index (χ0n) is 12.0. The fraction of sp³-hybridized carbons (Fsp3) is 0.400. The molecule has 2 N–H and O–H groups in total. The lowest BCUT2D eigenvalue weighted by Crippen LogP contribution is -2.15. The summed E-state index contributed by atoms with van der Waals surface area (Å²) in [6, 6.07) is 1.83. The van der Waals surface area contributed by atoms with E-state index in [9.17, 15) is 4.79 Å². The van der Waals surface area contributed by atoms with E-state index < -0.39 is 0 Å². The first-order valence-corrected chi connectivity index (χ1v) is 8.07. The minimum absolute atomic E-state index is 0.158. The second-order valence-electron chi connectivity index (χ2n) is 5.04. The van der Waals surface area contributed by atoms with Gasteiger partial charge in [0.15, 0.2) is 5.13 Å². The molecule has 1 aliphatic carbocycles. The van der Waals surface area contributed by atoms with Crippen molar-refractivity contribution < 1.29 is 4.79 Å². The van der Waals surface area contributed by atoms with Crippen LogP contribution in [0.15, 0.2) is 18.5 Å². The molecule has 1 aliphatic rings. The first-order valence-electron chi connectivity index (χ1n) is 7.25. The van der Waals surface area contributed by atoms with Gasteiger partial charge in [0.25, 0.3) is 5.91 Å². The van der Waals surface area contributed by atoms with Gasteiger partial charge in [-0.2, -0.15) is 0 Å². The van der Waals surface area contributed by atoms with E-state index in [1.165, 1.54) is 11.3 Å². The van der Waals surface area contributed by atoms with Gasteiger partial charge >= 0.3 is 0 Å². The number of aromatic nitrogens is 2. The Hall–Kier alpha value is -1.95. The van der Waals surface area contributed by atoms with Crippen LogP contribution in [0, 0.1) is 0 Å². The first kappa shape index (κ1) is 14.0. The van der Waals surface area contributed by atoms with Gasteiger partial charge in [-0.05, 0) is 31.7 Å². The van der Waals surface area contributed by atoms with Crippen LogP contribution in [0.3, 0.4) is 0 Å². The van der Waals surface area contributed by atoms with Crippen LogP contribution in [0.2, 0.25) is 0 Å². The van der Waals surface area contributed by atoms with E-state index in [2.05, 4.69) is 27.5 Å². The fourth-order valence-corrected chi connectivity index (χ4v) is 3.44. The highest BCUT2D eigenvalue weighted by Crippen LogP contribution is 2.30. The molecule has 1 amide bonds. The number of carbonyl (C=O) groups is 1. The van der Waals surface area contributed by atoms with Crippen molar-refractivity contribution in [3.8, 4) is 0 Å². The van der Waals surface area contributed by atoms with Crippen molar-refractivity contribution >= 4 is 28.1 Å². The number of nitrogens with one attached hydrogen (secondary N) is 2. The summed E-state index contributed by atoms with van der Waals surface area (Å²) in [5.74, 6) is -0.158. The number of amides is 1. The number of nitrogens with zero attached hydrogens (tertiary/aromatic N) is 2. The minimum atomic E-state index is -0.158. The molecule has 0 atom stereocenters. The topological polar surface area (TPSA) is 66.9 Å². The van der Waals surface area contributed by atoms with Gasteiger partial charge in [0, 0.05) is 23.8 Å². The van der Waals surface area contributed by atoms with Gasteiger partial charge in [-0.25, -0.2) is 4.98 Å². The zero-order chi connectivity index (χ0) is 14.7. The average Bonchev–Trinajstić information content (AvgIpc) is 3.06. The second-order valence-corrected chi connectivity index (χ2v) is 6.13. The molecule has 2 aromatic rings. The summed E-state index contributed by atoms with van der Waals surface area (Å²) in [4.78, 5) is 22.2. The predicted octanol–water partition coefficient (Wildman–Crippen LogP) is 3.10. The van der Waals surface area contributed by atoms with Crippen molar-refractivity contribution in [1.29, 1.82) is 0 Å². The fourth-order valence-electron chi connectivity index (χ4n) is 2.40. The van der Waals surface area contributed by atoms with Crippen molar-refractivity contribution in [2.24, 2.45) is 0 Å². The molecule has 6 heteroatoms. The van der Waals surface area contributed by atoms with Gasteiger partial charge in [-0.15, -0.1) is 11.3 Å². The lowest BCUT2D eigenvalue weighted by Gasteiger charge is -2.10. The van der Waals surface area contributed by atoms with E-state index in [0.717, 1.165) is 37.2 Å². The Labute approximate surface area is 127 Å². The number of thiazole rings is 1. The van der Waals surface area contributed by atoms with Crippen molar-refractivity contribution in [1.82, 2.24) is 9.97 Å². The van der Waals surface area contributed by atoms with E-state index in [-0.39, 0.29) is 5.91 Å². The molecular formula is C15H18N4OS. The number of carbonyl (C=O) groups excluding carboxylic acids is 1. The van der Waals surface area contributed by atoms with Gasteiger partial charge in [-0.3, -0.25) is 15.1 Å². The molecule has 5 nitrogen and oxygen atoms in total. The van der Waals surface area contributed by atoms with Crippen LogP contribution in [0.5, 0.6) is 0 Å². The van der Waals surface area contributed by atoms with E-state index in [4.69, 9.17) is 0 Å². The summed E-state index contributed by atoms with van der Waals surface area (Å²) in [5.41, 5.74) is 2.51. The minimum Gasteiger partial charge on any atom is -0.384 e. The van der Waals surface area contributed by atoms with Gasteiger partial charge in [-0.1, -0.05) is 6.92 Å². The summed E-state index contributed by atoms with van der Waals surface area (Å²) >= 11 is 1.58. The molecule has 3 rings (SSSR count). The highest BCUT2D eigenvalue weighted by Gasteiger charge is 2.19. The summed E-state index contributed by atoms with van der Waals surface area (Å²) in [6.45, 7) is 2.92. The Morgan fingerprint density at radius 1 is 1.43 bits per heavy atom. The number of aryl methyl sites for hydroxylation is 2. The van der Waals surface area contributed by atoms with Crippen molar-refractivity contribution in [3.05, 3.63) is 34.6 Å². The van der Waals surface area contributed by atoms with Crippen LogP contribution >= 0.6 is 11.3 Å². The monoisotopic (exact) mass is 302 g/mol. The molecule has 21 heavy (non-hydrogen) atoms. The third kappa shape index (κ3) is 3.05. The normalized spacial score (nSPS) is 13.0. The van der Waals surface area contributed by atoms with Gasteiger partial charge in [0.1, 0.15) is 0 Å². The van der Waals surface area contributed by atoms with Crippen LogP contribution in [0.25, 0.3) is 0 Å². The Morgan fingerprint density at radius 3 is 3.14 bits per heavy atom. The molecule has 0 saturated carbocycles. The third-order valence-electron chi connectivity index (χ3n) is 3.45. The lowest BCUT2D eigenvalue weighted by atomic mass is 10.2. The van der Waals surface area contributed by atoms with E-state index >= 15 is 0 Å². The first-order chi connectivity index (χ1) is 10.3. The lowest BCUT2D eigenvalue weighted by molar-refractivity contribution is 0.102. The summed E-state index contributed by atoms with van der Waals surface area (Å²) in [6.07, 6.45) is 7.57. The maximum absolute atomic E-state index is 12.4. The average molecular weight is 302 g/mol. The Morgan fingerprint density at radius 2 is 2.33 bits per heavy atom. The second kappa shape index (κ2) is 6.22. The molecule has 2 heterocycles. The Bertz CT molecular complexity index is 631. The third-order valence-corrected chi connectivity index (χ3v) is 4.52. The van der Waals surface area contributed by atoms with Crippen LogP contribution in [0.1, 0.15) is 40.7 Å². The quantitative estimate of drug-likeness (QED) is 0.890. The summed E-state index contributed by atoms with van der Waals surface area (Å²) < 4.78 is 0. The maximum atomic E-state index is 12.4. The highest BCUT2D eigenvalue weighted by molar-refractivity contribution is 7.16. The maximum Gasteiger partial charge on any atom is 0.261 e. The van der Waals surface area contributed by atoms with Crippen LogP contribution in [-0.2, 0) is 12.8 Å². The van der Waals surface area contributed by atoms with E-state index in [1.54, 1.807) is 23.7 Å². The standard InChI is InChI=1S/C15H18N4OS/c1-2-7-17-11-6-8-16-9-10(11)14(20)19-15-18-12-4-3-5-13(12)21-15/h6,8-9H,2-5,7H2,1H3,(H,16,17)(H,18,19,20). The number of rotatable bonds is 5. The van der Waals surface area contributed by atoms with E-state index in [1.807, 2.05) is 6.07 Å². The number of hydrogen-bond donors (Lipinski definition) is 2. The van der Waals surface area contributed by atoms with Crippen molar-refractivity contribution in [3.63, 3.8) is 0 Å². The molecule has 0 aliphatic heterocycles. The molecule has 2 aromatic heterocycles.